The molecule has 1 rings (SSSR count). The van der Waals surface area contributed by atoms with E-state index in [4.69, 9.17) is 5.11 Å². The maximum absolute atomic E-state index is 13.0. The fraction of sp³-hybridized carbons (Fsp3) is 0.333. The molecule has 0 saturated carbocycles. The van der Waals surface area contributed by atoms with Crippen molar-refractivity contribution in [3.63, 3.8) is 0 Å². The third-order valence-corrected chi connectivity index (χ3v) is 1.85. The molecule has 1 N–H and O–H groups in total. The van der Waals surface area contributed by atoms with E-state index >= 15 is 0 Å². The first-order valence-electron chi connectivity index (χ1n) is 3.92. The molecule has 1 nitrogen and oxygen atoms in total. The highest BCUT2D eigenvalue weighted by atomic mass is 19.2. The third kappa shape index (κ3) is 1.42. The van der Waals surface area contributed by atoms with Gasteiger partial charge in [0, 0.05) is 5.56 Å². The lowest BCUT2D eigenvalue weighted by molar-refractivity contribution is 0.354. The molecule has 1 aromatic carbocycles. The van der Waals surface area contributed by atoms with Crippen molar-refractivity contribution in [1.29, 1.82) is 0 Å². The number of phenolic OH excluding ortho intramolecular Hbond substituents is 1. The second-order valence-electron chi connectivity index (χ2n) is 3.17. The molecule has 0 fully saturated rings. The quantitative estimate of drug-likeness (QED) is 0.427. The van der Waals surface area contributed by atoms with Crippen LogP contribution < -0.4 is 0 Å². The van der Waals surface area contributed by atoms with Crippen LogP contribution in [0.4, 0.5) is 17.6 Å². The van der Waals surface area contributed by atoms with Crippen LogP contribution in [0.5, 0.6) is 5.75 Å². The number of hydrogen-bond donors (Lipinski definition) is 1. The Morgan fingerprint density at radius 1 is 0.857 bits per heavy atom. The smallest absolute Gasteiger partial charge is 0.203 e. The predicted octanol–water partition coefficient (Wildman–Crippen LogP) is 3.07. The fourth-order valence-electron chi connectivity index (χ4n) is 1.16. The highest BCUT2D eigenvalue weighted by Gasteiger charge is 2.26. The zero-order chi connectivity index (χ0) is 11.0. The summed E-state index contributed by atoms with van der Waals surface area (Å²) in [5.74, 6) is -9.01. The number of hydrogen-bond acceptors (Lipinski definition) is 1. The molecule has 0 bridgehead atoms. The van der Waals surface area contributed by atoms with Crippen molar-refractivity contribution in [3.05, 3.63) is 28.8 Å². The molecule has 0 aliphatic carbocycles. The normalized spacial score (nSPS) is 11.1. The van der Waals surface area contributed by atoms with Crippen molar-refractivity contribution in [1.82, 2.24) is 0 Å². The van der Waals surface area contributed by atoms with Crippen molar-refractivity contribution in [3.8, 4) is 5.75 Å². The lowest BCUT2D eigenvalue weighted by Crippen LogP contribution is -2.04. The van der Waals surface area contributed by atoms with E-state index in [2.05, 4.69) is 0 Å². The van der Waals surface area contributed by atoms with E-state index in [1.807, 2.05) is 0 Å². The van der Waals surface area contributed by atoms with Crippen LogP contribution in [0.25, 0.3) is 0 Å². The summed E-state index contributed by atoms with van der Waals surface area (Å²) >= 11 is 0. The molecule has 1 aromatic rings. The average molecular weight is 208 g/mol. The molecule has 14 heavy (non-hydrogen) atoms. The molecular weight excluding hydrogens is 200 g/mol. The maximum atomic E-state index is 13.0. The molecule has 0 aliphatic heterocycles. The van der Waals surface area contributed by atoms with Gasteiger partial charge in [0.05, 0.1) is 0 Å². The summed E-state index contributed by atoms with van der Waals surface area (Å²) in [6, 6.07) is 0. The Hall–Kier alpha value is -1.26. The average Bonchev–Trinajstić information content (AvgIpc) is 2.11. The van der Waals surface area contributed by atoms with Crippen LogP contribution in [0, 0.1) is 23.3 Å². The van der Waals surface area contributed by atoms with Gasteiger partial charge in [0.15, 0.2) is 17.4 Å². The molecule has 0 heterocycles. The van der Waals surface area contributed by atoms with Crippen molar-refractivity contribution in [2.75, 3.05) is 0 Å². The van der Waals surface area contributed by atoms with Gasteiger partial charge in [0.2, 0.25) is 11.6 Å². The summed E-state index contributed by atoms with van der Waals surface area (Å²) in [6.45, 7) is 2.85. The standard InChI is InChI=1S/C9H8F4O/c1-3(2)4-5(10)6(11)7(12)8(13)9(4)14/h3,14H,1-2H3. The summed E-state index contributed by atoms with van der Waals surface area (Å²) in [5, 5.41) is 9.03. The minimum Gasteiger partial charge on any atom is -0.504 e. The van der Waals surface area contributed by atoms with Crippen molar-refractivity contribution >= 4 is 0 Å². The molecule has 0 atom stereocenters. The largest absolute Gasteiger partial charge is 0.504 e. The molecule has 0 radical (unpaired) electrons. The van der Waals surface area contributed by atoms with E-state index in [1.54, 1.807) is 0 Å². The summed E-state index contributed by atoms with van der Waals surface area (Å²) < 4.78 is 51.0. The Labute approximate surface area is 78.0 Å². The molecule has 0 spiro atoms. The van der Waals surface area contributed by atoms with Crippen LogP contribution in [-0.4, -0.2) is 5.11 Å². The molecule has 0 aromatic heterocycles. The first kappa shape index (κ1) is 10.8. The third-order valence-electron chi connectivity index (χ3n) is 1.85. The summed E-state index contributed by atoms with van der Waals surface area (Å²) in [5.41, 5.74) is -0.554. The van der Waals surface area contributed by atoms with E-state index in [0.29, 0.717) is 0 Å². The molecule has 0 amide bonds. The van der Waals surface area contributed by atoms with Gasteiger partial charge in [-0.2, -0.15) is 4.39 Å². The number of aromatic hydroxyl groups is 1. The monoisotopic (exact) mass is 208 g/mol. The molecule has 0 unspecified atom stereocenters. The molecule has 0 saturated heterocycles. The Bertz CT molecular complexity index is 345. The Morgan fingerprint density at radius 3 is 1.71 bits per heavy atom. The van der Waals surface area contributed by atoms with Crippen molar-refractivity contribution in [2.45, 2.75) is 19.8 Å². The van der Waals surface area contributed by atoms with Crippen molar-refractivity contribution in [2.24, 2.45) is 0 Å². The highest BCUT2D eigenvalue weighted by molar-refractivity contribution is 5.38. The minimum absolute atomic E-state index is 0.554. The lowest BCUT2D eigenvalue weighted by Gasteiger charge is -2.11. The highest BCUT2D eigenvalue weighted by Crippen LogP contribution is 2.34. The number of halogens is 4. The van der Waals surface area contributed by atoms with Crippen LogP contribution >= 0.6 is 0 Å². The number of phenols is 1. The second-order valence-corrected chi connectivity index (χ2v) is 3.17. The first-order valence-corrected chi connectivity index (χ1v) is 3.92. The van der Waals surface area contributed by atoms with Gasteiger partial charge in [0.1, 0.15) is 0 Å². The Balaban J connectivity index is 3.60. The lowest BCUT2D eigenvalue weighted by atomic mass is 10.0. The van der Waals surface area contributed by atoms with Gasteiger partial charge >= 0.3 is 0 Å². The topological polar surface area (TPSA) is 20.2 Å². The zero-order valence-electron chi connectivity index (χ0n) is 7.54. The van der Waals surface area contributed by atoms with E-state index in [9.17, 15) is 17.6 Å². The van der Waals surface area contributed by atoms with Gasteiger partial charge in [-0.25, -0.2) is 13.2 Å². The van der Waals surface area contributed by atoms with E-state index in [0.717, 1.165) is 0 Å². The fourth-order valence-corrected chi connectivity index (χ4v) is 1.16. The predicted molar refractivity (Wildman–Crippen MR) is 42.0 cm³/mol. The van der Waals surface area contributed by atoms with E-state index < -0.39 is 40.5 Å². The second kappa shape index (κ2) is 3.48. The van der Waals surface area contributed by atoms with Crippen LogP contribution in [0.3, 0.4) is 0 Å². The summed E-state index contributed by atoms with van der Waals surface area (Å²) in [7, 11) is 0. The molecule has 5 heteroatoms. The minimum atomic E-state index is -2.00. The molecular formula is C9H8F4O. The summed E-state index contributed by atoms with van der Waals surface area (Å²) in [4.78, 5) is 0. The van der Waals surface area contributed by atoms with E-state index in [-0.39, 0.29) is 0 Å². The van der Waals surface area contributed by atoms with Gasteiger partial charge in [-0.1, -0.05) is 13.8 Å². The van der Waals surface area contributed by atoms with Crippen LogP contribution in [-0.2, 0) is 0 Å². The van der Waals surface area contributed by atoms with E-state index in [1.165, 1.54) is 13.8 Å². The van der Waals surface area contributed by atoms with Gasteiger partial charge in [0.25, 0.3) is 0 Å². The maximum Gasteiger partial charge on any atom is 0.203 e. The van der Waals surface area contributed by atoms with Crippen molar-refractivity contribution < 1.29 is 22.7 Å². The summed E-state index contributed by atoms with van der Waals surface area (Å²) in [6.07, 6.45) is 0. The van der Waals surface area contributed by atoms with Gasteiger partial charge < -0.3 is 5.11 Å². The number of rotatable bonds is 1. The Kier molecular flexibility index (Phi) is 2.69. The Morgan fingerprint density at radius 2 is 1.29 bits per heavy atom. The molecule has 78 valence electrons. The van der Waals surface area contributed by atoms with Gasteiger partial charge in [-0.05, 0) is 5.92 Å². The van der Waals surface area contributed by atoms with Gasteiger partial charge in [-0.3, -0.25) is 0 Å². The zero-order valence-corrected chi connectivity index (χ0v) is 7.54. The molecule has 0 aliphatic rings. The first-order chi connectivity index (χ1) is 6.37. The SMILES string of the molecule is CC(C)c1c(O)c(F)c(F)c(F)c1F. The van der Waals surface area contributed by atoms with Crippen LogP contribution in [0.2, 0.25) is 0 Å². The number of benzene rings is 1. The van der Waals surface area contributed by atoms with Gasteiger partial charge in [-0.15, -0.1) is 0 Å². The van der Waals surface area contributed by atoms with Crippen LogP contribution in [0.15, 0.2) is 0 Å². The van der Waals surface area contributed by atoms with Crippen LogP contribution in [0.1, 0.15) is 25.3 Å².